The second kappa shape index (κ2) is 6.75. The van der Waals surface area contributed by atoms with Crippen molar-refractivity contribution in [2.24, 2.45) is 0 Å². The average molecular weight is 303 g/mol. The van der Waals surface area contributed by atoms with E-state index in [1.165, 1.54) is 4.57 Å². The smallest absolute Gasteiger partial charge is 0.326 e. The van der Waals surface area contributed by atoms with Gasteiger partial charge in [0.25, 0.3) is 0 Å². The van der Waals surface area contributed by atoms with E-state index in [9.17, 15) is 14.4 Å². The summed E-state index contributed by atoms with van der Waals surface area (Å²) in [6.45, 7) is 3.29. The zero-order valence-corrected chi connectivity index (χ0v) is 11.9. The lowest BCUT2D eigenvalue weighted by Crippen LogP contribution is -2.43. The molecule has 1 heterocycles. The van der Waals surface area contributed by atoms with E-state index in [-0.39, 0.29) is 13.0 Å². The van der Waals surface area contributed by atoms with Crippen molar-refractivity contribution < 1.29 is 14.7 Å². The number of fused-ring (bicyclic) bond motifs is 1. The summed E-state index contributed by atoms with van der Waals surface area (Å²) >= 11 is 0. The van der Waals surface area contributed by atoms with Gasteiger partial charge in [0, 0.05) is 0 Å². The molecule has 2 rings (SSSR count). The van der Waals surface area contributed by atoms with Crippen molar-refractivity contribution in [2.75, 3.05) is 0 Å². The maximum atomic E-state index is 12.0. The highest BCUT2D eigenvalue weighted by molar-refractivity contribution is 5.84. The lowest BCUT2D eigenvalue weighted by Gasteiger charge is -2.13. The van der Waals surface area contributed by atoms with Gasteiger partial charge in [-0.15, -0.1) is 6.58 Å². The highest BCUT2D eigenvalue weighted by Crippen LogP contribution is 2.08. The number of amides is 1. The minimum atomic E-state index is -1.11. The number of para-hydroxylation sites is 2. The first kappa shape index (κ1) is 15.6. The summed E-state index contributed by atoms with van der Waals surface area (Å²) in [7, 11) is 0. The van der Waals surface area contributed by atoms with Crippen LogP contribution in [0.5, 0.6) is 0 Å². The number of aliphatic carboxylic acids is 1. The van der Waals surface area contributed by atoms with Gasteiger partial charge in [0.15, 0.2) is 0 Å². The summed E-state index contributed by atoms with van der Waals surface area (Å²) in [6, 6.07) is 5.99. The van der Waals surface area contributed by atoms with Crippen LogP contribution in [0.15, 0.2) is 41.7 Å². The number of aromatic nitrogens is 2. The Kier molecular flexibility index (Phi) is 4.77. The third-order valence-electron chi connectivity index (χ3n) is 3.28. The maximum Gasteiger partial charge on any atom is 0.326 e. The topological polar surface area (TPSA) is 104 Å². The quantitative estimate of drug-likeness (QED) is 0.660. The molecule has 1 aromatic heterocycles. The van der Waals surface area contributed by atoms with E-state index in [2.05, 4.69) is 16.9 Å². The van der Waals surface area contributed by atoms with Crippen molar-refractivity contribution in [3.63, 3.8) is 0 Å². The molecule has 0 radical (unpaired) electrons. The van der Waals surface area contributed by atoms with Gasteiger partial charge in [-0.05, 0) is 25.0 Å². The molecule has 0 saturated carbocycles. The predicted molar refractivity (Wildman–Crippen MR) is 81.6 cm³/mol. The van der Waals surface area contributed by atoms with Crippen LogP contribution in [-0.2, 0) is 16.1 Å². The second-order valence-corrected chi connectivity index (χ2v) is 4.86. The summed E-state index contributed by atoms with van der Waals surface area (Å²) < 4.78 is 1.27. The molecule has 1 unspecified atom stereocenters. The van der Waals surface area contributed by atoms with Crippen molar-refractivity contribution in [3.05, 3.63) is 47.4 Å². The Balaban J connectivity index is 2.13. The zero-order valence-electron chi connectivity index (χ0n) is 11.9. The molecule has 1 atom stereocenters. The Hall–Kier alpha value is -2.83. The highest BCUT2D eigenvalue weighted by Gasteiger charge is 2.20. The largest absolute Gasteiger partial charge is 0.480 e. The number of hydrogen-bond acceptors (Lipinski definition) is 3. The first-order chi connectivity index (χ1) is 10.5. The van der Waals surface area contributed by atoms with Crippen LogP contribution in [0.2, 0.25) is 0 Å². The zero-order chi connectivity index (χ0) is 16.1. The van der Waals surface area contributed by atoms with Crippen molar-refractivity contribution in [1.82, 2.24) is 14.9 Å². The average Bonchev–Trinajstić information content (AvgIpc) is 2.79. The lowest BCUT2D eigenvalue weighted by molar-refractivity contribution is -0.142. The normalized spacial score (nSPS) is 12.0. The van der Waals surface area contributed by atoms with Gasteiger partial charge in [-0.25, -0.2) is 9.59 Å². The summed E-state index contributed by atoms with van der Waals surface area (Å²) in [5, 5.41) is 11.5. The summed E-state index contributed by atoms with van der Waals surface area (Å²) in [5.74, 6) is -1.63. The van der Waals surface area contributed by atoms with Crippen LogP contribution in [-0.4, -0.2) is 32.6 Å². The van der Waals surface area contributed by atoms with Gasteiger partial charge in [-0.2, -0.15) is 0 Å². The molecule has 0 aliphatic rings. The van der Waals surface area contributed by atoms with Gasteiger partial charge in [0.2, 0.25) is 5.91 Å². The minimum absolute atomic E-state index is 0.235. The first-order valence-electron chi connectivity index (χ1n) is 6.83. The molecule has 0 fully saturated rings. The van der Waals surface area contributed by atoms with Crippen molar-refractivity contribution in [2.45, 2.75) is 25.4 Å². The number of carbonyl (C=O) groups excluding carboxylic acids is 1. The molecule has 2 aromatic rings. The second-order valence-electron chi connectivity index (χ2n) is 4.86. The summed E-state index contributed by atoms with van der Waals surface area (Å²) in [5.41, 5.74) is 0.816. The molecule has 1 aromatic carbocycles. The summed E-state index contributed by atoms with van der Waals surface area (Å²) in [6.07, 6.45) is 2.32. The Bertz CT molecular complexity index is 759. The van der Waals surface area contributed by atoms with Crippen LogP contribution in [0.3, 0.4) is 0 Å². The third kappa shape index (κ3) is 3.43. The number of H-pyrrole nitrogens is 1. The number of allylic oxidation sites excluding steroid dienone is 1. The van der Waals surface area contributed by atoms with Gasteiger partial charge in [-0.3, -0.25) is 9.36 Å². The van der Waals surface area contributed by atoms with E-state index < -0.39 is 23.6 Å². The van der Waals surface area contributed by atoms with E-state index in [0.717, 1.165) is 0 Å². The number of aromatic amines is 1. The molecular weight excluding hydrogens is 286 g/mol. The van der Waals surface area contributed by atoms with Crippen LogP contribution in [0.4, 0.5) is 0 Å². The fourth-order valence-electron chi connectivity index (χ4n) is 2.19. The number of carboxylic acids is 1. The van der Waals surface area contributed by atoms with Crippen molar-refractivity contribution >= 4 is 22.9 Å². The molecule has 0 spiro atoms. The first-order valence-corrected chi connectivity index (χ1v) is 6.83. The predicted octanol–water partition coefficient (Wildman–Crippen LogP) is 0.865. The fourth-order valence-corrected chi connectivity index (χ4v) is 2.19. The molecule has 0 saturated heterocycles. The third-order valence-corrected chi connectivity index (χ3v) is 3.28. The van der Waals surface area contributed by atoms with E-state index in [4.69, 9.17) is 5.11 Å². The number of nitrogens with zero attached hydrogens (tertiary/aromatic N) is 1. The van der Waals surface area contributed by atoms with Gasteiger partial charge in [0.05, 0.1) is 11.0 Å². The molecule has 116 valence electrons. The number of benzene rings is 1. The lowest BCUT2D eigenvalue weighted by atomic mass is 10.1. The highest BCUT2D eigenvalue weighted by atomic mass is 16.4. The van der Waals surface area contributed by atoms with Gasteiger partial charge in [-0.1, -0.05) is 18.2 Å². The standard InChI is InChI=1S/C15H17N3O4/c1-2-3-6-11(14(20)21)16-13(19)9-18-12-8-5-4-7-10(12)17-15(18)22/h2,4-5,7-8,11H,1,3,6,9H2,(H,16,19)(H,17,22)(H,20,21). The number of imidazole rings is 1. The molecule has 0 aliphatic heterocycles. The molecule has 7 nitrogen and oxygen atoms in total. The Morgan fingerprint density at radius 2 is 2.14 bits per heavy atom. The van der Waals surface area contributed by atoms with Crippen LogP contribution in [0.1, 0.15) is 12.8 Å². The molecule has 22 heavy (non-hydrogen) atoms. The molecule has 0 bridgehead atoms. The molecule has 7 heteroatoms. The number of rotatable bonds is 7. The number of carbonyl (C=O) groups is 2. The number of nitrogens with one attached hydrogen (secondary N) is 2. The molecule has 0 aliphatic carbocycles. The minimum Gasteiger partial charge on any atom is -0.480 e. The van der Waals surface area contributed by atoms with Crippen LogP contribution in [0, 0.1) is 0 Å². The van der Waals surface area contributed by atoms with E-state index in [1.54, 1.807) is 30.3 Å². The fraction of sp³-hybridized carbons (Fsp3) is 0.267. The molecule has 3 N–H and O–H groups in total. The van der Waals surface area contributed by atoms with Crippen LogP contribution < -0.4 is 11.0 Å². The SMILES string of the molecule is C=CCCC(NC(=O)Cn1c(=O)[nH]c2ccccc21)C(=O)O. The molecule has 1 amide bonds. The van der Waals surface area contributed by atoms with Gasteiger partial charge >= 0.3 is 11.7 Å². The van der Waals surface area contributed by atoms with Gasteiger partial charge in [0.1, 0.15) is 12.6 Å². The monoisotopic (exact) mass is 303 g/mol. The number of hydrogen-bond donors (Lipinski definition) is 3. The van der Waals surface area contributed by atoms with Crippen LogP contribution in [0.25, 0.3) is 11.0 Å². The number of carboxylic acid groups (broad SMARTS) is 1. The van der Waals surface area contributed by atoms with E-state index >= 15 is 0 Å². The van der Waals surface area contributed by atoms with Crippen molar-refractivity contribution in [3.8, 4) is 0 Å². The maximum absolute atomic E-state index is 12.0. The summed E-state index contributed by atoms with van der Waals surface area (Å²) in [4.78, 5) is 37.6. The van der Waals surface area contributed by atoms with E-state index in [0.29, 0.717) is 17.5 Å². The molecular formula is C15H17N3O4. The van der Waals surface area contributed by atoms with Crippen molar-refractivity contribution in [1.29, 1.82) is 0 Å². The van der Waals surface area contributed by atoms with Crippen LogP contribution >= 0.6 is 0 Å². The van der Waals surface area contributed by atoms with E-state index in [1.807, 2.05) is 0 Å². The Morgan fingerprint density at radius 1 is 1.41 bits per heavy atom. The van der Waals surface area contributed by atoms with Gasteiger partial charge < -0.3 is 15.4 Å². The Labute approximate surface area is 126 Å². The Morgan fingerprint density at radius 3 is 2.82 bits per heavy atom.